The van der Waals surface area contributed by atoms with Gasteiger partial charge in [-0.3, -0.25) is 0 Å². The molecule has 0 heterocycles. The standard InChI is InChI=1S/C17H18ClNO3S/c1-23-10-9-17(19,16(20)21)12-5-7-14(8-6-12)22-15-4-2-3-13(18)11-15/h2-8,11H,9-10,19H2,1H3,(H,20,21). The quantitative estimate of drug-likeness (QED) is 0.784. The second kappa shape index (κ2) is 7.73. The van der Waals surface area contributed by atoms with Crippen molar-refractivity contribution < 1.29 is 14.6 Å². The van der Waals surface area contributed by atoms with Crippen LogP contribution in [0.2, 0.25) is 5.02 Å². The lowest BCUT2D eigenvalue weighted by Gasteiger charge is -2.25. The summed E-state index contributed by atoms with van der Waals surface area (Å²) in [5, 5.41) is 10.1. The number of hydrogen-bond acceptors (Lipinski definition) is 4. The summed E-state index contributed by atoms with van der Waals surface area (Å²) >= 11 is 7.48. The number of carboxylic acid groups (broad SMARTS) is 1. The second-order valence-electron chi connectivity index (χ2n) is 5.10. The largest absolute Gasteiger partial charge is 0.480 e. The van der Waals surface area contributed by atoms with Crippen LogP contribution in [-0.2, 0) is 10.3 Å². The van der Waals surface area contributed by atoms with E-state index in [-0.39, 0.29) is 0 Å². The van der Waals surface area contributed by atoms with Crippen molar-refractivity contribution in [2.45, 2.75) is 12.0 Å². The Morgan fingerprint density at radius 2 is 1.96 bits per heavy atom. The van der Waals surface area contributed by atoms with Gasteiger partial charge in [0.15, 0.2) is 0 Å². The minimum absolute atomic E-state index is 0.359. The van der Waals surface area contributed by atoms with E-state index in [1.54, 1.807) is 60.3 Å². The summed E-state index contributed by atoms with van der Waals surface area (Å²) < 4.78 is 5.69. The maximum Gasteiger partial charge on any atom is 0.328 e. The first kappa shape index (κ1) is 17.7. The molecular formula is C17H18ClNO3S. The highest BCUT2D eigenvalue weighted by Gasteiger charge is 2.35. The maximum atomic E-state index is 11.6. The van der Waals surface area contributed by atoms with E-state index in [4.69, 9.17) is 22.1 Å². The number of ether oxygens (including phenoxy) is 1. The van der Waals surface area contributed by atoms with Crippen LogP contribution in [-0.4, -0.2) is 23.1 Å². The second-order valence-corrected chi connectivity index (χ2v) is 6.53. The van der Waals surface area contributed by atoms with E-state index in [9.17, 15) is 9.90 Å². The summed E-state index contributed by atoms with van der Waals surface area (Å²) in [6.07, 6.45) is 2.28. The number of carboxylic acids is 1. The molecule has 0 amide bonds. The van der Waals surface area contributed by atoms with Gasteiger partial charge in [0.1, 0.15) is 17.0 Å². The predicted octanol–water partition coefficient (Wildman–Crippen LogP) is 4.12. The Kier molecular flexibility index (Phi) is 5.93. The molecule has 4 nitrogen and oxygen atoms in total. The molecule has 0 aliphatic carbocycles. The Hall–Kier alpha value is -1.69. The molecule has 23 heavy (non-hydrogen) atoms. The first-order chi connectivity index (χ1) is 11.0. The number of thioether (sulfide) groups is 1. The smallest absolute Gasteiger partial charge is 0.328 e. The molecule has 122 valence electrons. The fourth-order valence-electron chi connectivity index (χ4n) is 2.12. The first-order valence-corrected chi connectivity index (χ1v) is 8.78. The van der Waals surface area contributed by atoms with E-state index in [1.165, 1.54) is 0 Å². The van der Waals surface area contributed by atoms with Gasteiger partial charge in [0.25, 0.3) is 0 Å². The summed E-state index contributed by atoms with van der Waals surface area (Å²) in [6, 6.07) is 13.9. The molecule has 2 rings (SSSR count). The van der Waals surface area contributed by atoms with Gasteiger partial charge in [-0.05, 0) is 54.3 Å². The molecule has 2 aromatic rings. The molecule has 0 spiro atoms. The van der Waals surface area contributed by atoms with Crippen LogP contribution < -0.4 is 10.5 Å². The van der Waals surface area contributed by atoms with Crippen molar-refractivity contribution in [2.24, 2.45) is 5.73 Å². The summed E-state index contributed by atoms with van der Waals surface area (Å²) in [4.78, 5) is 11.6. The highest BCUT2D eigenvalue weighted by atomic mass is 35.5. The van der Waals surface area contributed by atoms with Crippen molar-refractivity contribution in [3.05, 3.63) is 59.1 Å². The van der Waals surface area contributed by atoms with Crippen molar-refractivity contribution in [1.29, 1.82) is 0 Å². The predicted molar refractivity (Wildman–Crippen MR) is 94.5 cm³/mol. The van der Waals surface area contributed by atoms with E-state index >= 15 is 0 Å². The van der Waals surface area contributed by atoms with E-state index < -0.39 is 11.5 Å². The fourth-order valence-corrected chi connectivity index (χ4v) is 2.83. The van der Waals surface area contributed by atoms with Crippen molar-refractivity contribution >= 4 is 29.3 Å². The molecule has 2 aromatic carbocycles. The molecule has 3 N–H and O–H groups in total. The third-order valence-electron chi connectivity index (χ3n) is 3.48. The zero-order valence-corrected chi connectivity index (χ0v) is 14.2. The molecule has 1 atom stereocenters. The van der Waals surface area contributed by atoms with Gasteiger partial charge in [0.05, 0.1) is 0 Å². The minimum atomic E-state index is -1.39. The van der Waals surface area contributed by atoms with Crippen LogP contribution in [0.15, 0.2) is 48.5 Å². The number of nitrogens with two attached hydrogens (primary N) is 1. The Labute approximate surface area is 144 Å². The van der Waals surface area contributed by atoms with Gasteiger partial charge in [-0.1, -0.05) is 29.8 Å². The van der Waals surface area contributed by atoms with Gasteiger partial charge in [0.2, 0.25) is 0 Å². The Morgan fingerprint density at radius 1 is 1.26 bits per heavy atom. The third-order valence-corrected chi connectivity index (χ3v) is 4.33. The van der Waals surface area contributed by atoms with E-state index in [1.807, 2.05) is 6.26 Å². The Bertz CT molecular complexity index is 678. The average Bonchev–Trinajstić information content (AvgIpc) is 2.53. The fraction of sp³-hybridized carbons (Fsp3) is 0.235. The number of carbonyl (C=O) groups is 1. The SMILES string of the molecule is CSCCC(N)(C(=O)O)c1ccc(Oc2cccc(Cl)c2)cc1. The van der Waals surface area contributed by atoms with Crippen LogP contribution in [0.1, 0.15) is 12.0 Å². The highest BCUT2D eigenvalue weighted by Crippen LogP contribution is 2.29. The topological polar surface area (TPSA) is 72.6 Å². The van der Waals surface area contributed by atoms with Crippen molar-refractivity contribution in [3.8, 4) is 11.5 Å². The number of rotatable bonds is 7. The zero-order valence-electron chi connectivity index (χ0n) is 12.7. The summed E-state index contributed by atoms with van der Waals surface area (Å²) in [7, 11) is 0. The van der Waals surface area contributed by atoms with Crippen LogP contribution in [0.4, 0.5) is 0 Å². The van der Waals surface area contributed by atoms with Gasteiger partial charge in [0, 0.05) is 5.02 Å². The van der Waals surface area contributed by atoms with Crippen LogP contribution in [0.25, 0.3) is 0 Å². The normalized spacial score (nSPS) is 13.3. The molecular weight excluding hydrogens is 334 g/mol. The molecule has 0 fully saturated rings. The minimum Gasteiger partial charge on any atom is -0.480 e. The number of benzene rings is 2. The lowest BCUT2D eigenvalue weighted by Crippen LogP contribution is -2.45. The lowest BCUT2D eigenvalue weighted by atomic mass is 9.88. The molecule has 0 saturated carbocycles. The van der Waals surface area contributed by atoms with Gasteiger partial charge in [-0.2, -0.15) is 11.8 Å². The zero-order chi connectivity index (χ0) is 16.9. The molecule has 0 aliphatic heterocycles. The molecule has 0 bridgehead atoms. The summed E-state index contributed by atoms with van der Waals surface area (Å²) in [6.45, 7) is 0. The number of aliphatic carboxylic acids is 1. The Morgan fingerprint density at radius 3 is 2.52 bits per heavy atom. The summed E-state index contributed by atoms with van der Waals surface area (Å²) in [5.41, 5.74) is 5.26. The van der Waals surface area contributed by atoms with Gasteiger partial charge >= 0.3 is 5.97 Å². The van der Waals surface area contributed by atoms with Gasteiger partial charge in [-0.25, -0.2) is 4.79 Å². The monoisotopic (exact) mass is 351 g/mol. The molecule has 0 radical (unpaired) electrons. The molecule has 0 aromatic heterocycles. The van der Waals surface area contributed by atoms with Gasteiger partial charge in [-0.15, -0.1) is 0 Å². The number of halogens is 1. The molecule has 6 heteroatoms. The lowest BCUT2D eigenvalue weighted by molar-refractivity contribution is -0.143. The number of hydrogen-bond donors (Lipinski definition) is 2. The molecule has 0 aliphatic rings. The molecule has 0 saturated heterocycles. The van der Waals surface area contributed by atoms with Crippen molar-refractivity contribution in [2.75, 3.05) is 12.0 Å². The van der Waals surface area contributed by atoms with E-state index in [2.05, 4.69) is 0 Å². The average molecular weight is 352 g/mol. The molecule has 1 unspecified atom stereocenters. The van der Waals surface area contributed by atoms with Crippen LogP contribution >= 0.6 is 23.4 Å². The van der Waals surface area contributed by atoms with Crippen molar-refractivity contribution in [1.82, 2.24) is 0 Å². The van der Waals surface area contributed by atoms with Crippen LogP contribution in [0.3, 0.4) is 0 Å². The highest BCUT2D eigenvalue weighted by molar-refractivity contribution is 7.98. The van der Waals surface area contributed by atoms with Crippen molar-refractivity contribution in [3.63, 3.8) is 0 Å². The summed E-state index contributed by atoms with van der Waals surface area (Å²) in [5.74, 6) is 0.845. The van der Waals surface area contributed by atoms with E-state index in [0.29, 0.717) is 34.3 Å². The van der Waals surface area contributed by atoms with Crippen LogP contribution in [0, 0.1) is 0 Å². The first-order valence-electron chi connectivity index (χ1n) is 7.01. The Balaban J connectivity index is 2.19. The third kappa shape index (κ3) is 4.41. The van der Waals surface area contributed by atoms with Crippen LogP contribution in [0.5, 0.6) is 11.5 Å². The maximum absolute atomic E-state index is 11.6. The van der Waals surface area contributed by atoms with Gasteiger partial charge < -0.3 is 15.6 Å². The van der Waals surface area contributed by atoms with E-state index in [0.717, 1.165) is 0 Å².